The minimum Gasteiger partial charge on any atom is -0.493 e. The summed E-state index contributed by atoms with van der Waals surface area (Å²) in [6.45, 7) is 2.76. The van der Waals surface area contributed by atoms with Gasteiger partial charge in [0, 0.05) is 18.0 Å². The molecule has 0 aliphatic rings. The molecule has 0 bridgehead atoms. The van der Waals surface area contributed by atoms with E-state index in [0.29, 0.717) is 33.4 Å². The third-order valence-electron chi connectivity index (χ3n) is 4.36. The van der Waals surface area contributed by atoms with Gasteiger partial charge in [-0.15, -0.1) is 5.10 Å². The highest BCUT2D eigenvalue weighted by atomic mass is 32.1. The van der Waals surface area contributed by atoms with Gasteiger partial charge in [-0.1, -0.05) is 30.7 Å². The number of benzene rings is 1. The topological polar surface area (TPSA) is 78.6 Å². The van der Waals surface area contributed by atoms with E-state index in [1.807, 2.05) is 36.4 Å². The van der Waals surface area contributed by atoms with Gasteiger partial charge >= 0.3 is 0 Å². The fourth-order valence-corrected chi connectivity index (χ4v) is 3.74. The van der Waals surface area contributed by atoms with Crippen molar-refractivity contribution in [2.75, 3.05) is 13.7 Å². The number of ether oxygens (including phenoxy) is 2. The van der Waals surface area contributed by atoms with Crippen LogP contribution in [-0.2, 0) is 0 Å². The van der Waals surface area contributed by atoms with Crippen molar-refractivity contribution in [3.63, 3.8) is 0 Å². The van der Waals surface area contributed by atoms with Crippen molar-refractivity contribution < 1.29 is 9.47 Å². The van der Waals surface area contributed by atoms with Crippen molar-refractivity contribution in [1.82, 2.24) is 19.6 Å². The number of fused-ring (bicyclic) bond motifs is 1. The van der Waals surface area contributed by atoms with E-state index >= 15 is 0 Å². The Kier molecular flexibility index (Phi) is 5.53. The highest BCUT2D eigenvalue weighted by molar-refractivity contribution is 7.15. The molecule has 3 heterocycles. The van der Waals surface area contributed by atoms with E-state index in [2.05, 4.69) is 22.0 Å². The first-order valence-electron chi connectivity index (χ1n) is 9.32. The van der Waals surface area contributed by atoms with E-state index in [1.165, 1.54) is 15.9 Å². The molecule has 0 unspecified atom stereocenters. The molecule has 0 saturated carbocycles. The number of hydrogen-bond donors (Lipinski definition) is 0. The van der Waals surface area contributed by atoms with Crippen molar-refractivity contribution in [2.24, 2.45) is 0 Å². The molecule has 0 amide bonds. The van der Waals surface area contributed by atoms with Crippen molar-refractivity contribution >= 4 is 22.4 Å². The van der Waals surface area contributed by atoms with Crippen LogP contribution in [0.3, 0.4) is 0 Å². The molecule has 4 aromatic rings. The SMILES string of the molecule is CCCCOc1ccc(C=c2sc3nc(-c4ccncc4)nn3c2=O)cc1OC. The fraction of sp³-hybridized carbons (Fsp3) is 0.238. The average molecular weight is 408 g/mol. The quantitative estimate of drug-likeness (QED) is 0.438. The molecule has 7 nitrogen and oxygen atoms in total. The fourth-order valence-electron chi connectivity index (χ4n) is 2.83. The molecule has 148 valence electrons. The summed E-state index contributed by atoms with van der Waals surface area (Å²) < 4.78 is 13.1. The normalized spacial score (nSPS) is 11.9. The molecule has 0 aliphatic heterocycles. The lowest BCUT2D eigenvalue weighted by Crippen LogP contribution is -2.23. The van der Waals surface area contributed by atoms with Crippen LogP contribution in [0.2, 0.25) is 0 Å². The third-order valence-corrected chi connectivity index (χ3v) is 5.32. The minimum absolute atomic E-state index is 0.194. The largest absolute Gasteiger partial charge is 0.493 e. The number of hydrogen-bond acceptors (Lipinski definition) is 7. The number of thiazole rings is 1. The first kappa shape index (κ1) is 19.1. The monoisotopic (exact) mass is 408 g/mol. The first-order valence-corrected chi connectivity index (χ1v) is 10.1. The molecule has 0 atom stereocenters. The first-order chi connectivity index (χ1) is 14.2. The van der Waals surface area contributed by atoms with Crippen molar-refractivity contribution in [2.45, 2.75) is 19.8 Å². The molecule has 1 aromatic carbocycles. The van der Waals surface area contributed by atoms with Crippen LogP contribution in [0.1, 0.15) is 25.3 Å². The van der Waals surface area contributed by atoms with E-state index in [-0.39, 0.29) is 5.56 Å². The smallest absolute Gasteiger partial charge is 0.291 e. The molecule has 0 fully saturated rings. The summed E-state index contributed by atoms with van der Waals surface area (Å²) in [7, 11) is 1.61. The van der Waals surface area contributed by atoms with E-state index in [4.69, 9.17) is 9.47 Å². The van der Waals surface area contributed by atoms with Crippen LogP contribution in [0.15, 0.2) is 47.5 Å². The lowest BCUT2D eigenvalue weighted by atomic mass is 10.2. The highest BCUT2D eigenvalue weighted by Crippen LogP contribution is 2.28. The van der Waals surface area contributed by atoms with Gasteiger partial charge in [-0.3, -0.25) is 9.78 Å². The van der Waals surface area contributed by atoms with E-state index in [0.717, 1.165) is 24.0 Å². The molecule has 0 radical (unpaired) electrons. The van der Waals surface area contributed by atoms with E-state index < -0.39 is 0 Å². The Morgan fingerprint density at radius 3 is 2.72 bits per heavy atom. The number of pyridine rings is 1. The summed E-state index contributed by atoms with van der Waals surface area (Å²) in [6, 6.07) is 9.25. The molecular formula is C21H20N4O3S. The van der Waals surface area contributed by atoms with Crippen LogP contribution in [0, 0.1) is 0 Å². The maximum absolute atomic E-state index is 12.7. The van der Waals surface area contributed by atoms with Crippen molar-refractivity contribution in [3.8, 4) is 22.9 Å². The van der Waals surface area contributed by atoms with Gasteiger partial charge in [0.15, 0.2) is 17.3 Å². The Morgan fingerprint density at radius 2 is 2.00 bits per heavy atom. The Balaban J connectivity index is 1.66. The van der Waals surface area contributed by atoms with Gasteiger partial charge in [0.05, 0.1) is 18.2 Å². The summed E-state index contributed by atoms with van der Waals surface area (Å²) in [6.07, 6.45) is 7.21. The maximum Gasteiger partial charge on any atom is 0.291 e. The number of methoxy groups -OCH3 is 1. The highest BCUT2D eigenvalue weighted by Gasteiger charge is 2.12. The van der Waals surface area contributed by atoms with Gasteiger partial charge in [-0.25, -0.2) is 0 Å². The predicted octanol–water partition coefficient (Wildman–Crippen LogP) is 2.95. The summed E-state index contributed by atoms with van der Waals surface area (Å²) in [5.41, 5.74) is 1.48. The van der Waals surface area contributed by atoms with Crippen molar-refractivity contribution in [1.29, 1.82) is 0 Å². The van der Waals surface area contributed by atoms with Gasteiger partial charge in [-0.05, 0) is 42.3 Å². The number of unbranched alkanes of at least 4 members (excludes halogenated alkanes) is 1. The molecule has 0 aliphatic carbocycles. The zero-order valence-corrected chi connectivity index (χ0v) is 17.0. The predicted molar refractivity (Wildman–Crippen MR) is 113 cm³/mol. The summed E-state index contributed by atoms with van der Waals surface area (Å²) in [5, 5.41) is 4.35. The molecule has 3 aromatic heterocycles. The zero-order valence-electron chi connectivity index (χ0n) is 16.2. The van der Waals surface area contributed by atoms with Gasteiger partial charge < -0.3 is 9.47 Å². The lowest BCUT2D eigenvalue weighted by Gasteiger charge is -2.10. The summed E-state index contributed by atoms with van der Waals surface area (Å²) >= 11 is 1.30. The van der Waals surface area contributed by atoms with Crippen molar-refractivity contribution in [3.05, 3.63) is 63.2 Å². The van der Waals surface area contributed by atoms with Crippen LogP contribution in [0.4, 0.5) is 0 Å². The van der Waals surface area contributed by atoms with Gasteiger partial charge in [0.25, 0.3) is 5.56 Å². The molecule has 0 spiro atoms. The minimum atomic E-state index is -0.194. The standard InChI is InChI=1S/C21H20N4O3S/c1-3-4-11-28-16-6-5-14(12-17(16)27-2)13-18-20(26)25-21(29-18)23-19(24-25)15-7-9-22-10-8-15/h5-10,12-13H,3-4,11H2,1-2H3. The van der Waals surface area contributed by atoms with Crippen LogP contribution in [0.5, 0.6) is 11.5 Å². The number of aromatic nitrogens is 4. The van der Waals surface area contributed by atoms with Gasteiger partial charge in [-0.2, -0.15) is 9.50 Å². The average Bonchev–Trinajstić information content (AvgIpc) is 3.29. The third kappa shape index (κ3) is 3.97. The second kappa shape index (κ2) is 8.40. The van der Waals surface area contributed by atoms with Gasteiger partial charge in [0.1, 0.15) is 0 Å². The maximum atomic E-state index is 12.7. The Labute approximate surface area is 171 Å². The second-order valence-electron chi connectivity index (χ2n) is 6.39. The van der Waals surface area contributed by atoms with Crippen LogP contribution >= 0.6 is 11.3 Å². The van der Waals surface area contributed by atoms with Gasteiger partial charge in [0.2, 0.25) is 4.96 Å². The Morgan fingerprint density at radius 1 is 1.17 bits per heavy atom. The molecule has 8 heteroatoms. The molecule has 29 heavy (non-hydrogen) atoms. The number of nitrogens with zero attached hydrogens (tertiary/aromatic N) is 4. The number of rotatable bonds is 7. The zero-order chi connectivity index (χ0) is 20.2. The molecule has 0 saturated heterocycles. The molecule has 0 N–H and O–H groups in total. The molecule has 4 rings (SSSR count). The summed E-state index contributed by atoms with van der Waals surface area (Å²) in [4.78, 5) is 21.8. The second-order valence-corrected chi connectivity index (χ2v) is 7.40. The Bertz CT molecular complexity index is 1230. The van der Waals surface area contributed by atoms with E-state index in [9.17, 15) is 4.79 Å². The van der Waals surface area contributed by atoms with Crippen LogP contribution in [-0.4, -0.2) is 33.3 Å². The lowest BCUT2D eigenvalue weighted by molar-refractivity contribution is 0.288. The van der Waals surface area contributed by atoms with Crippen LogP contribution < -0.4 is 19.6 Å². The van der Waals surface area contributed by atoms with Crippen LogP contribution in [0.25, 0.3) is 22.4 Å². The Hall–Kier alpha value is -3.26. The van der Waals surface area contributed by atoms with E-state index in [1.54, 1.807) is 19.5 Å². The summed E-state index contributed by atoms with van der Waals surface area (Å²) in [5.74, 6) is 1.85. The molecular weight excluding hydrogens is 388 g/mol.